The van der Waals surface area contributed by atoms with Gasteiger partial charge in [-0.15, -0.1) is 0 Å². The van der Waals surface area contributed by atoms with E-state index in [9.17, 15) is 0 Å². The van der Waals surface area contributed by atoms with E-state index in [-0.39, 0.29) is 0 Å². The van der Waals surface area contributed by atoms with Crippen LogP contribution in [0.25, 0.3) is 11.2 Å². The van der Waals surface area contributed by atoms with E-state index in [1.165, 1.54) is 25.7 Å². The number of methoxy groups -OCH3 is 1. The van der Waals surface area contributed by atoms with Crippen molar-refractivity contribution < 1.29 is 4.74 Å². The standard InChI is InChI=1S/C14H19N3OS2/c1-18-11-6-5-10-12(16-11)17(13(19)15-10)9-14(20-2)7-3-4-8-14/h5-6H,3-4,7-9H2,1-2H3,(H,15,19). The molecule has 0 unspecified atom stereocenters. The van der Waals surface area contributed by atoms with Crippen LogP contribution in [0.4, 0.5) is 0 Å². The zero-order valence-electron chi connectivity index (χ0n) is 11.8. The number of hydrogen-bond acceptors (Lipinski definition) is 4. The largest absolute Gasteiger partial charge is 0.481 e. The summed E-state index contributed by atoms with van der Waals surface area (Å²) >= 11 is 7.45. The summed E-state index contributed by atoms with van der Waals surface area (Å²) < 4.78 is 8.42. The number of hydrogen-bond donors (Lipinski definition) is 1. The van der Waals surface area contributed by atoms with E-state index >= 15 is 0 Å². The second kappa shape index (κ2) is 5.41. The van der Waals surface area contributed by atoms with E-state index in [1.54, 1.807) is 7.11 Å². The van der Waals surface area contributed by atoms with Crippen molar-refractivity contribution in [1.29, 1.82) is 0 Å². The highest BCUT2D eigenvalue weighted by Crippen LogP contribution is 2.42. The molecular weight excluding hydrogens is 290 g/mol. The van der Waals surface area contributed by atoms with Gasteiger partial charge in [0.1, 0.15) is 0 Å². The first-order chi connectivity index (χ1) is 9.67. The minimum Gasteiger partial charge on any atom is -0.481 e. The topological polar surface area (TPSA) is 42.8 Å². The molecule has 0 bridgehead atoms. The van der Waals surface area contributed by atoms with E-state index < -0.39 is 0 Å². The third-order valence-electron chi connectivity index (χ3n) is 4.20. The summed E-state index contributed by atoms with van der Waals surface area (Å²) in [6.07, 6.45) is 7.34. The second-order valence-electron chi connectivity index (χ2n) is 5.34. The first kappa shape index (κ1) is 13.9. The molecule has 0 aliphatic heterocycles. The van der Waals surface area contributed by atoms with E-state index in [2.05, 4.69) is 20.8 Å². The predicted octanol–water partition coefficient (Wildman–Crippen LogP) is 3.78. The van der Waals surface area contributed by atoms with Crippen molar-refractivity contribution in [3.8, 4) is 5.88 Å². The molecule has 0 aromatic carbocycles. The second-order valence-corrected chi connectivity index (χ2v) is 7.00. The fourth-order valence-corrected chi connectivity index (χ4v) is 4.22. The molecule has 3 rings (SSSR count). The maximum absolute atomic E-state index is 5.48. The number of aromatic nitrogens is 3. The molecule has 1 saturated carbocycles. The molecule has 0 spiro atoms. The lowest BCUT2D eigenvalue weighted by Gasteiger charge is -2.27. The fourth-order valence-electron chi connectivity index (χ4n) is 3.01. The maximum Gasteiger partial charge on any atom is 0.215 e. The van der Waals surface area contributed by atoms with Crippen LogP contribution in [0.1, 0.15) is 25.7 Å². The molecule has 2 heterocycles. The van der Waals surface area contributed by atoms with Crippen LogP contribution in [0.2, 0.25) is 0 Å². The number of rotatable bonds is 4. The Kier molecular flexibility index (Phi) is 3.77. The van der Waals surface area contributed by atoms with Crippen molar-refractivity contribution >= 4 is 35.1 Å². The van der Waals surface area contributed by atoms with Gasteiger partial charge in [0.05, 0.1) is 12.6 Å². The minimum atomic E-state index is 0.304. The van der Waals surface area contributed by atoms with Gasteiger partial charge < -0.3 is 9.72 Å². The molecule has 0 amide bonds. The third-order valence-corrected chi connectivity index (χ3v) is 5.92. The average Bonchev–Trinajstić information content (AvgIpc) is 3.05. The van der Waals surface area contributed by atoms with Gasteiger partial charge in [-0.1, -0.05) is 12.8 Å². The van der Waals surface area contributed by atoms with Crippen molar-refractivity contribution in [3.63, 3.8) is 0 Å². The summed E-state index contributed by atoms with van der Waals surface area (Å²) in [6, 6.07) is 3.84. The van der Waals surface area contributed by atoms with Gasteiger partial charge in [0.2, 0.25) is 5.88 Å². The Balaban J connectivity index is 2.06. The van der Waals surface area contributed by atoms with Crippen LogP contribution in [0, 0.1) is 4.77 Å². The highest BCUT2D eigenvalue weighted by Gasteiger charge is 2.34. The lowest BCUT2D eigenvalue weighted by Crippen LogP contribution is -2.27. The van der Waals surface area contributed by atoms with Gasteiger partial charge in [0.25, 0.3) is 0 Å². The van der Waals surface area contributed by atoms with E-state index in [4.69, 9.17) is 17.0 Å². The van der Waals surface area contributed by atoms with Gasteiger partial charge in [-0.05, 0) is 37.4 Å². The summed E-state index contributed by atoms with van der Waals surface area (Å²) in [4.78, 5) is 7.80. The molecule has 20 heavy (non-hydrogen) atoms. The van der Waals surface area contributed by atoms with Crippen molar-refractivity contribution in [3.05, 3.63) is 16.9 Å². The van der Waals surface area contributed by atoms with Crippen LogP contribution in [-0.2, 0) is 6.54 Å². The van der Waals surface area contributed by atoms with E-state index in [0.29, 0.717) is 10.6 Å². The Labute approximate surface area is 127 Å². The van der Waals surface area contributed by atoms with Crippen molar-refractivity contribution in [2.75, 3.05) is 13.4 Å². The fraction of sp³-hybridized carbons (Fsp3) is 0.571. The Morgan fingerprint density at radius 3 is 2.85 bits per heavy atom. The molecule has 0 saturated heterocycles. The van der Waals surface area contributed by atoms with Crippen LogP contribution in [-0.4, -0.2) is 32.6 Å². The highest BCUT2D eigenvalue weighted by atomic mass is 32.2. The molecule has 2 aromatic rings. The van der Waals surface area contributed by atoms with Gasteiger partial charge in [0.15, 0.2) is 10.4 Å². The summed E-state index contributed by atoms with van der Waals surface area (Å²) in [5.74, 6) is 0.630. The number of H-pyrrole nitrogens is 1. The molecule has 108 valence electrons. The number of nitrogens with zero attached hydrogens (tertiary/aromatic N) is 2. The first-order valence-corrected chi connectivity index (χ1v) is 8.49. The number of pyridine rings is 1. The molecule has 0 radical (unpaired) electrons. The summed E-state index contributed by atoms with van der Waals surface area (Å²) in [5.41, 5.74) is 1.87. The molecule has 4 nitrogen and oxygen atoms in total. The van der Waals surface area contributed by atoms with Crippen LogP contribution < -0.4 is 4.74 Å². The number of fused-ring (bicyclic) bond motifs is 1. The minimum absolute atomic E-state index is 0.304. The Hall–Kier alpha value is -1.01. The van der Waals surface area contributed by atoms with E-state index in [0.717, 1.165) is 22.5 Å². The monoisotopic (exact) mass is 309 g/mol. The predicted molar refractivity (Wildman–Crippen MR) is 86.2 cm³/mol. The van der Waals surface area contributed by atoms with Crippen LogP contribution in [0.15, 0.2) is 12.1 Å². The molecule has 1 N–H and O–H groups in total. The molecular formula is C14H19N3OS2. The Morgan fingerprint density at radius 2 is 2.20 bits per heavy atom. The Bertz CT molecular complexity index is 671. The number of nitrogens with one attached hydrogen (secondary N) is 1. The Morgan fingerprint density at radius 1 is 1.45 bits per heavy atom. The van der Waals surface area contributed by atoms with Gasteiger partial charge in [-0.2, -0.15) is 16.7 Å². The van der Waals surface area contributed by atoms with Crippen molar-refractivity contribution in [1.82, 2.24) is 14.5 Å². The SMILES string of the molecule is COc1ccc2[nH]c(=S)n(CC3(SC)CCCC3)c2n1. The third kappa shape index (κ3) is 2.35. The molecule has 1 aliphatic carbocycles. The lowest BCUT2D eigenvalue weighted by molar-refractivity contribution is 0.398. The molecule has 6 heteroatoms. The highest BCUT2D eigenvalue weighted by molar-refractivity contribution is 8.00. The number of imidazole rings is 1. The number of thioether (sulfide) groups is 1. The molecule has 2 aromatic heterocycles. The summed E-state index contributed by atoms with van der Waals surface area (Å²) in [6.45, 7) is 0.924. The van der Waals surface area contributed by atoms with E-state index in [1.807, 2.05) is 23.9 Å². The zero-order valence-corrected chi connectivity index (χ0v) is 13.4. The first-order valence-electron chi connectivity index (χ1n) is 6.86. The number of aromatic amines is 1. The number of ether oxygens (including phenoxy) is 1. The quantitative estimate of drug-likeness (QED) is 0.873. The van der Waals surface area contributed by atoms with Gasteiger partial charge >= 0.3 is 0 Å². The van der Waals surface area contributed by atoms with Gasteiger partial charge in [-0.3, -0.25) is 4.57 Å². The van der Waals surface area contributed by atoms with Crippen LogP contribution in [0.5, 0.6) is 5.88 Å². The van der Waals surface area contributed by atoms with Crippen LogP contribution >= 0.6 is 24.0 Å². The average molecular weight is 309 g/mol. The normalized spacial score (nSPS) is 17.7. The van der Waals surface area contributed by atoms with Crippen molar-refractivity contribution in [2.45, 2.75) is 37.0 Å². The summed E-state index contributed by atoms with van der Waals surface area (Å²) in [7, 11) is 1.64. The molecule has 1 aliphatic rings. The smallest absolute Gasteiger partial charge is 0.215 e. The maximum atomic E-state index is 5.48. The molecule has 0 atom stereocenters. The summed E-state index contributed by atoms with van der Waals surface area (Å²) in [5, 5.41) is 0. The molecule has 1 fully saturated rings. The van der Waals surface area contributed by atoms with Crippen molar-refractivity contribution in [2.24, 2.45) is 0 Å². The lowest BCUT2D eigenvalue weighted by atomic mass is 10.1. The zero-order chi connectivity index (χ0) is 14.2. The van der Waals surface area contributed by atoms with Gasteiger partial charge in [-0.25, -0.2) is 0 Å². The van der Waals surface area contributed by atoms with Crippen LogP contribution in [0.3, 0.4) is 0 Å². The van der Waals surface area contributed by atoms with Gasteiger partial charge in [0, 0.05) is 17.4 Å².